The van der Waals surface area contributed by atoms with E-state index >= 15 is 0 Å². The summed E-state index contributed by atoms with van der Waals surface area (Å²) in [5.41, 5.74) is -1.04. The van der Waals surface area contributed by atoms with Gasteiger partial charge in [-0.2, -0.15) is 0 Å². The van der Waals surface area contributed by atoms with Crippen molar-refractivity contribution in [3.63, 3.8) is 0 Å². The molecule has 27 heavy (non-hydrogen) atoms. The lowest BCUT2D eigenvalue weighted by Crippen LogP contribution is -2.40. The number of carbonyl (C=O) groups excluding carboxylic acids is 3. The van der Waals surface area contributed by atoms with Crippen LogP contribution in [-0.2, 0) is 23.9 Å². The van der Waals surface area contributed by atoms with Crippen LogP contribution in [0.4, 0.5) is 0 Å². The number of rotatable bonds is 3. The van der Waals surface area contributed by atoms with E-state index in [9.17, 15) is 24.6 Å². The lowest BCUT2D eigenvalue weighted by molar-refractivity contribution is -0.150. The van der Waals surface area contributed by atoms with Gasteiger partial charge in [0.15, 0.2) is 5.78 Å². The average Bonchev–Trinajstić information content (AvgIpc) is 2.89. The van der Waals surface area contributed by atoms with Crippen molar-refractivity contribution in [2.24, 2.45) is 5.92 Å². The van der Waals surface area contributed by atoms with Crippen LogP contribution in [0.1, 0.15) is 27.2 Å². The topological polar surface area (TPSA) is 110 Å². The molecule has 1 fully saturated rings. The van der Waals surface area contributed by atoms with Crippen molar-refractivity contribution in [2.75, 3.05) is 6.61 Å². The van der Waals surface area contributed by atoms with Crippen LogP contribution >= 0.6 is 0 Å². The molecular formula is C20H24O7. The van der Waals surface area contributed by atoms with Gasteiger partial charge in [0, 0.05) is 23.1 Å². The van der Waals surface area contributed by atoms with E-state index in [2.05, 4.69) is 6.58 Å². The van der Waals surface area contributed by atoms with Crippen molar-refractivity contribution in [1.29, 1.82) is 0 Å². The third kappa shape index (κ3) is 4.61. The minimum absolute atomic E-state index is 0.0103. The van der Waals surface area contributed by atoms with Crippen LogP contribution in [0.15, 0.2) is 47.6 Å². The first-order valence-corrected chi connectivity index (χ1v) is 8.60. The van der Waals surface area contributed by atoms with Crippen LogP contribution in [0.2, 0.25) is 0 Å². The maximum Gasteiger partial charge on any atom is 0.334 e. The van der Waals surface area contributed by atoms with E-state index in [0.717, 1.165) is 6.08 Å². The molecule has 0 saturated carbocycles. The summed E-state index contributed by atoms with van der Waals surface area (Å²) in [6.07, 6.45) is 3.41. The minimum atomic E-state index is -1.50. The van der Waals surface area contributed by atoms with Crippen LogP contribution < -0.4 is 0 Å². The molecule has 0 amide bonds. The number of allylic oxidation sites excluding steroid dienone is 2. The quantitative estimate of drug-likeness (QED) is 0.562. The molecule has 2 aliphatic rings. The van der Waals surface area contributed by atoms with E-state index in [4.69, 9.17) is 9.47 Å². The van der Waals surface area contributed by atoms with Crippen LogP contribution in [0, 0.1) is 5.92 Å². The van der Waals surface area contributed by atoms with Crippen molar-refractivity contribution >= 4 is 17.7 Å². The van der Waals surface area contributed by atoms with Gasteiger partial charge in [-0.05, 0) is 39.0 Å². The SMILES string of the molecule is C=C1C(=O)O[C@H]2/C=C(/CO)C(=O)/C=C\[C@@](C)(O)C[C@@H](OC(=O)/C(C)=C\C)[C@@H]12. The Morgan fingerprint density at radius 1 is 1.48 bits per heavy atom. The van der Waals surface area contributed by atoms with Crippen molar-refractivity contribution in [3.05, 3.63) is 47.6 Å². The fourth-order valence-corrected chi connectivity index (χ4v) is 3.02. The van der Waals surface area contributed by atoms with Crippen molar-refractivity contribution < 1.29 is 34.1 Å². The van der Waals surface area contributed by atoms with E-state index in [1.807, 2.05) is 0 Å². The molecule has 1 heterocycles. The second kappa shape index (κ2) is 8.02. The normalized spacial score (nSPS) is 35.0. The molecular weight excluding hydrogens is 352 g/mol. The zero-order chi connectivity index (χ0) is 20.4. The monoisotopic (exact) mass is 376 g/mol. The molecule has 0 aromatic heterocycles. The van der Waals surface area contributed by atoms with E-state index in [1.54, 1.807) is 19.9 Å². The molecule has 146 valence electrons. The van der Waals surface area contributed by atoms with Gasteiger partial charge in [0.05, 0.1) is 18.1 Å². The Morgan fingerprint density at radius 2 is 2.15 bits per heavy atom. The highest BCUT2D eigenvalue weighted by atomic mass is 16.6. The molecule has 2 rings (SSSR count). The van der Waals surface area contributed by atoms with Crippen molar-refractivity contribution in [1.82, 2.24) is 0 Å². The number of fused-ring (bicyclic) bond motifs is 1. The lowest BCUT2D eigenvalue weighted by atomic mass is 9.82. The first-order valence-electron chi connectivity index (χ1n) is 8.60. The first kappa shape index (κ1) is 20.8. The molecule has 1 aliphatic carbocycles. The maximum atomic E-state index is 12.3. The summed E-state index contributed by atoms with van der Waals surface area (Å²) in [6.45, 7) is 7.90. The number of carbonyl (C=O) groups is 3. The van der Waals surface area contributed by atoms with Gasteiger partial charge in [-0.15, -0.1) is 0 Å². The maximum absolute atomic E-state index is 12.3. The summed E-state index contributed by atoms with van der Waals surface area (Å²) in [6, 6.07) is 0. The van der Waals surface area contributed by atoms with Crippen molar-refractivity contribution in [2.45, 2.75) is 45.0 Å². The van der Waals surface area contributed by atoms with E-state index in [1.165, 1.54) is 19.1 Å². The molecule has 0 aromatic rings. The van der Waals surface area contributed by atoms with E-state index < -0.39 is 48.1 Å². The summed E-state index contributed by atoms with van der Waals surface area (Å²) >= 11 is 0. The van der Waals surface area contributed by atoms with Crippen LogP contribution in [0.3, 0.4) is 0 Å². The van der Waals surface area contributed by atoms with Gasteiger partial charge in [0.25, 0.3) is 0 Å². The van der Waals surface area contributed by atoms with E-state index in [-0.39, 0.29) is 17.6 Å². The molecule has 2 N–H and O–H groups in total. The Morgan fingerprint density at radius 3 is 2.74 bits per heavy atom. The molecule has 1 saturated heterocycles. The fraction of sp³-hybridized carbons (Fsp3) is 0.450. The van der Waals surface area contributed by atoms with Gasteiger partial charge in [-0.25, -0.2) is 9.59 Å². The van der Waals surface area contributed by atoms with Crippen molar-refractivity contribution in [3.8, 4) is 0 Å². The number of hydrogen-bond acceptors (Lipinski definition) is 7. The summed E-state index contributed by atoms with van der Waals surface area (Å²) in [5, 5.41) is 20.1. The Balaban J connectivity index is 2.53. The summed E-state index contributed by atoms with van der Waals surface area (Å²) in [4.78, 5) is 36.6. The minimum Gasteiger partial charge on any atom is -0.458 e. The summed E-state index contributed by atoms with van der Waals surface area (Å²) in [5.74, 6) is -2.57. The number of hydrogen-bond donors (Lipinski definition) is 2. The largest absolute Gasteiger partial charge is 0.458 e. The highest BCUT2D eigenvalue weighted by Gasteiger charge is 2.46. The van der Waals surface area contributed by atoms with Gasteiger partial charge in [0.2, 0.25) is 0 Å². The van der Waals surface area contributed by atoms with Crippen LogP contribution in [0.25, 0.3) is 0 Å². The second-order valence-electron chi connectivity index (χ2n) is 6.95. The number of ketones is 1. The van der Waals surface area contributed by atoms with Gasteiger partial charge in [-0.3, -0.25) is 4.79 Å². The molecule has 0 spiro atoms. The number of esters is 2. The lowest BCUT2D eigenvalue weighted by Gasteiger charge is -2.31. The highest BCUT2D eigenvalue weighted by molar-refractivity contribution is 6.04. The Bertz CT molecular complexity index is 754. The van der Waals surface area contributed by atoms with E-state index in [0.29, 0.717) is 5.57 Å². The zero-order valence-electron chi connectivity index (χ0n) is 15.6. The van der Waals surface area contributed by atoms with Crippen LogP contribution in [0.5, 0.6) is 0 Å². The Labute approximate surface area is 157 Å². The predicted molar refractivity (Wildman–Crippen MR) is 96.4 cm³/mol. The third-order valence-corrected chi connectivity index (χ3v) is 4.74. The summed E-state index contributed by atoms with van der Waals surface area (Å²) < 4.78 is 10.8. The second-order valence-corrected chi connectivity index (χ2v) is 6.95. The highest BCUT2D eigenvalue weighted by Crippen LogP contribution is 2.37. The summed E-state index contributed by atoms with van der Waals surface area (Å²) in [7, 11) is 0. The first-order chi connectivity index (χ1) is 12.6. The standard InChI is InChI=1S/C20H24O7/c1-5-11(2)18(23)27-16-9-20(4,25)7-6-14(22)13(10-21)8-15-17(16)12(3)19(24)26-15/h5-8,15-17,21,25H,3,9-10H2,1-2,4H3/b7-6-,11-5-,13-8-/t15-,16+,17-,20+/m0/s1. The molecule has 0 unspecified atom stereocenters. The Kier molecular flexibility index (Phi) is 6.18. The Hall–Kier alpha value is -2.51. The number of ether oxygens (including phenoxy) is 2. The molecule has 7 heteroatoms. The van der Waals surface area contributed by atoms with Gasteiger partial charge < -0.3 is 19.7 Å². The molecule has 7 nitrogen and oxygen atoms in total. The molecule has 4 atom stereocenters. The molecule has 0 radical (unpaired) electrons. The van der Waals surface area contributed by atoms with Gasteiger partial charge in [-0.1, -0.05) is 12.7 Å². The molecule has 0 aromatic carbocycles. The van der Waals surface area contributed by atoms with Gasteiger partial charge in [0.1, 0.15) is 12.2 Å². The fourth-order valence-electron chi connectivity index (χ4n) is 3.02. The number of aliphatic hydroxyl groups is 2. The smallest absolute Gasteiger partial charge is 0.334 e. The number of aliphatic hydroxyl groups excluding tert-OH is 1. The molecule has 0 bridgehead atoms. The zero-order valence-corrected chi connectivity index (χ0v) is 15.6. The van der Waals surface area contributed by atoms with Crippen LogP contribution in [-0.4, -0.2) is 52.4 Å². The third-order valence-electron chi connectivity index (χ3n) is 4.74. The van der Waals surface area contributed by atoms with Gasteiger partial charge >= 0.3 is 11.9 Å². The predicted octanol–water partition coefficient (Wildman–Crippen LogP) is 1.16. The molecule has 1 aliphatic heterocycles. The average molecular weight is 376 g/mol.